The molecule has 1 aliphatic heterocycles. The molecule has 0 aromatic heterocycles. The highest BCUT2D eigenvalue weighted by Crippen LogP contribution is 2.62. The summed E-state index contributed by atoms with van der Waals surface area (Å²) >= 11 is 0. The number of nitrogens with zero attached hydrogens (tertiary/aromatic N) is 2. The average Bonchev–Trinajstić information content (AvgIpc) is 3.63. The molecule has 13 nitrogen and oxygen atoms in total. The quantitative estimate of drug-likeness (QED) is 0.0231. The molecule has 0 radical (unpaired) electrons. The van der Waals surface area contributed by atoms with E-state index < -0.39 is 23.8 Å². The third-order valence-electron chi connectivity index (χ3n) is 14.9. The van der Waals surface area contributed by atoms with Crippen LogP contribution in [0.5, 0.6) is 23.0 Å². The molecular weight excluding hydrogens is 961 g/mol. The van der Waals surface area contributed by atoms with Crippen LogP contribution in [0.3, 0.4) is 0 Å². The van der Waals surface area contributed by atoms with Crippen LogP contribution in [-0.4, -0.2) is 85.2 Å². The summed E-state index contributed by atoms with van der Waals surface area (Å²) in [5.41, 5.74) is 5.61. The predicted molar refractivity (Wildman–Crippen MR) is 292 cm³/mol. The first-order valence-electron chi connectivity index (χ1n) is 26.4. The normalized spacial score (nSPS) is 20.9. The van der Waals surface area contributed by atoms with Crippen molar-refractivity contribution in [1.82, 2.24) is 4.90 Å². The number of carbonyl (C=O) groups excluding carboxylic acids is 2. The number of fused-ring (bicyclic) bond motifs is 3. The molecule has 0 bridgehead atoms. The second-order valence-corrected chi connectivity index (χ2v) is 19.6. The van der Waals surface area contributed by atoms with E-state index in [-0.39, 0.29) is 70.4 Å². The number of unbranched alkanes of at least 4 members (excludes halogenated alkanes) is 2. The summed E-state index contributed by atoms with van der Waals surface area (Å²) < 4.78 is 39.1. The van der Waals surface area contributed by atoms with E-state index in [0.717, 1.165) is 70.6 Å². The number of amides is 1. The van der Waals surface area contributed by atoms with Gasteiger partial charge in [-0.15, -0.1) is 6.58 Å². The fourth-order valence-electron chi connectivity index (χ4n) is 11.4. The van der Waals surface area contributed by atoms with Crippen LogP contribution in [-0.2, 0) is 38.8 Å². The second-order valence-electron chi connectivity index (χ2n) is 19.6. The number of rotatable bonds is 26. The molecule has 1 heterocycles. The Morgan fingerprint density at radius 3 is 2.28 bits per heavy atom. The molecule has 9 rings (SSSR count). The van der Waals surface area contributed by atoms with Crippen molar-refractivity contribution in [3.05, 3.63) is 192 Å². The summed E-state index contributed by atoms with van der Waals surface area (Å²) in [6, 6.07) is 43.9. The highest BCUT2D eigenvalue weighted by atomic mass is 16.7. The monoisotopic (exact) mass is 1030 g/mol. The van der Waals surface area contributed by atoms with Crippen LogP contribution in [0, 0.1) is 17.8 Å². The minimum absolute atomic E-state index is 0.00521. The van der Waals surface area contributed by atoms with Gasteiger partial charge < -0.3 is 43.5 Å². The van der Waals surface area contributed by atoms with Crippen LogP contribution in [0.15, 0.2) is 169 Å². The number of hydrogen-bond donors (Lipinski definition) is 2. The number of oxime groups is 1. The highest BCUT2D eigenvalue weighted by molar-refractivity contribution is 6.03. The maximum Gasteiger partial charge on any atom is 0.410 e. The summed E-state index contributed by atoms with van der Waals surface area (Å²) in [6.45, 7) is 5.16. The zero-order valence-corrected chi connectivity index (χ0v) is 43.2. The van der Waals surface area contributed by atoms with Gasteiger partial charge in [0, 0.05) is 31.1 Å². The molecule has 2 aliphatic carbocycles. The Balaban J connectivity index is 1.21. The Morgan fingerprint density at radius 2 is 1.53 bits per heavy atom. The minimum atomic E-state index is -1.56. The second kappa shape index (κ2) is 26.0. The zero-order valence-electron chi connectivity index (χ0n) is 43.2. The van der Waals surface area contributed by atoms with Crippen molar-refractivity contribution < 1.29 is 53.1 Å². The number of aliphatic hydroxyl groups is 2. The van der Waals surface area contributed by atoms with Crippen molar-refractivity contribution in [2.45, 2.75) is 82.5 Å². The lowest BCUT2D eigenvalue weighted by molar-refractivity contribution is -0.256. The van der Waals surface area contributed by atoms with Gasteiger partial charge in [-0.1, -0.05) is 133 Å². The van der Waals surface area contributed by atoms with Crippen LogP contribution < -0.4 is 14.2 Å². The average molecular weight is 1030 g/mol. The van der Waals surface area contributed by atoms with Gasteiger partial charge in [0.05, 0.1) is 50.7 Å². The Labute approximate surface area is 445 Å². The maximum atomic E-state index is 15.4. The lowest BCUT2D eigenvalue weighted by atomic mass is 9.55. The van der Waals surface area contributed by atoms with Crippen molar-refractivity contribution in [1.29, 1.82) is 0 Å². The van der Waals surface area contributed by atoms with Gasteiger partial charge in [-0.05, 0) is 107 Å². The molecule has 1 saturated carbocycles. The van der Waals surface area contributed by atoms with E-state index in [1.54, 1.807) is 29.2 Å². The fourth-order valence-corrected chi connectivity index (χ4v) is 11.4. The lowest BCUT2D eigenvalue weighted by Crippen LogP contribution is -2.70. The molecule has 3 aliphatic rings. The Morgan fingerprint density at radius 1 is 0.816 bits per heavy atom. The molecule has 6 atom stereocenters. The zero-order chi connectivity index (χ0) is 52.7. The first kappa shape index (κ1) is 53.5. The van der Waals surface area contributed by atoms with Gasteiger partial charge in [-0.25, -0.2) is 4.79 Å². The van der Waals surface area contributed by atoms with Crippen molar-refractivity contribution >= 4 is 28.9 Å². The van der Waals surface area contributed by atoms with Gasteiger partial charge in [-0.3, -0.25) is 9.69 Å². The standard InChI is InChI=1S/C63H68N2O11/c1-3-33-73-63-59(65(40-48-24-16-23-46-21-10-11-25-52(46)48)62(69)72-35-34-71-42-44-17-6-4-7-18-44)39-56(64-74-43-45-19-8-5-9-20-45)54-37-47(22-12-14-31-66)53(26-13-15-32-67)60(61(54)63)55-38-51(28-30-58(55)76-63)75-50-27-29-57(70-2)49(36-50)41-68/h3-11,16-21,23-25,27-30,36-38,41,47,53,59-61,66-67H,1,12-15,22,26,31-35,39-40,42-43H2,2H3. The number of aldehydes is 1. The van der Waals surface area contributed by atoms with Crippen molar-refractivity contribution in [2.24, 2.45) is 22.9 Å². The SMILES string of the molecule is C=CCOC12Oc3ccc(Oc4ccc(OC)c(C=O)c4)cc3C3C(CCCCO)C(CCCCO)C=C(C(=NOCc4ccccc4)CC1N(Cc1cccc4ccccc14)C(=O)OCCOCc1ccccc1)C32. The predicted octanol–water partition coefficient (Wildman–Crippen LogP) is 12.1. The molecule has 6 aromatic carbocycles. The van der Waals surface area contributed by atoms with E-state index in [1.807, 2.05) is 103 Å². The largest absolute Gasteiger partial charge is 0.496 e. The molecule has 1 amide bonds. The summed E-state index contributed by atoms with van der Waals surface area (Å²) in [5.74, 6) is -0.581. The summed E-state index contributed by atoms with van der Waals surface area (Å²) in [4.78, 5) is 35.6. The van der Waals surface area contributed by atoms with Gasteiger partial charge in [0.15, 0.2) is 6.29 Å². The van der Waals surface area contributed by atoms with Crippen LogP contribution in [0.2, 0.25) is 0 Å². The number of allylic oxidation sites excluding steroid dienone is 1. The van der Waals surface area contributed by atoms with Crippen molar-refractivity contribution in [3.63, 3.8) is 0 Å². The van der Waals surface area contributed by atoms with E-state index in [4.69, 9.17) is 38.4 Å². The van der Waals surface area contributed by atoms with Crippen molar-refractivity contribution in [2.75, 3.05) is 40.1 Å². The number of aliphatic hydroxyl groups excluding tert-OH is 2. The highest BCUT2D eigenvalue weighted by Gasteiger charge is 2.66. The molecule has 76 heavy (non-hydrogen) atoms. The molecule has 396 valence electrons. The van der Waals surface area contributed by atoms with E-state index in [0.29, 0.717) is 53.7 Å². The summed E-state index contributed by atoms with van der Waals surface area (Å²) in [7, 11) is 1.52. The smallest absolute Gasteiger partial charge is 0.410 e. The van der Waals surface area contributed by atoms with Gasteiger partial charge in [0.2, 0.25) is 5.79 Å². The van der Waals surface area contributed by atoms with Crippen LogP contribution in [0.4, 0.5) is 4.79 Å². The van der Waals surface area contributed by atoms with Gasteiger partial charge in [-0.2, -0.15) is 0 Å². The van der Waals surface area contributed by atoms with Gasteiger partial charge in [0.1, 0.15) is 42.3 Å². The molecule has 1 fully saturated rings. The number of carbonyl (C=O) groups is 2. The maximum absolute atomic E-state index is 15.4. The molecule has 6 aromatic rings. The molecule has 6 unspecified atom stereocenters. The number of methoxy groups -OCH3 is 1. The topological polar surface area (TPSA) is 155 Å². The Bertz CT molecular complexity index is 2960. The third-order valence-corrected chi connectivity index (χ3v) is 14.9. The first-order valence-corrected chi connectivity index (χ1v) is 26.4. The first-order chi connectivity index (χ1) is 37.4. The van der Waals surface area contributed by atoms with Crippen LogP contribution in [0.25, 0.3) is 10.8 Å². The van der Waals surface area contributed by atoms with Crippen LogP contribution >= 0.6 is 0 Å². The number of ether oxygens (including phenoxy) is 6. The Hall–Kier alpha value is -7.29. The molecule has 13 heteroatoms. The van der Waals surface area contributed by atoms with E-state index in [9.17, 15) is 15.0 Å². The van der Waals surface area contributed by atoms with E-state index >= 15 is 4.79 Å². The van der Waals surface area contributed by atoms with Crippen molar-refractivity contribution in [3.8, 4) is 23.0 Å². The van der Waals surface area contributed by atoms with Crippen LogP contribution in [0.1, 0.15) is 83.5 Å². The summed E-state index contributed by atoms with van der Waals surface area (Å²) in [5, 5.41) is 27.3. The van der Waals surface area contributed by atoms with Gasteiger partial charge in [0.25, 0.3) is 0 Å². The molecule has 0 spiro atoms. The fraction of sp³-hybridized carbons (Fsp3) is 0.349. The number of benzene rings is 6. The number of hydrogen-bond acceptors (Lipinski definition) is 12. The molecule has 2 N–H and O–H groups in total. The van der Waals surface area contributed by atoms with E-state index in [2.05, 4.69) is 30.9 Å². The summed E-state index contributed by atoms with van der Waals surface area (Å²) in [6.07, 6.45) is 8.62. The minimum Gasteiger partial charge on any atom is -0.496 e. The van der Waals surface area contributed by atoms with Gasteiger partial charge >= 0.3 is 6.09 Å². The van der Waals surface area contributed by atoms with E-state index in [1.165, 1.54) is 7.11 Å². The lowest BCUT2D eigenvalue weighted by Gasteiger charge is -2.59. The Kier molecular flexibility index (Phi) is 18.3. The third kappa shape index (κ3) is 12.2. The molecular formula is C63H68N2O11. The molecule has 0 saturated heterocycles.